The fourth-order valence-electron chi connectivity index (χ4n) is 6.34. The van der Waals surface area contributed by atoms with Crippen molar-refractivity contribution in [1.29, 1.82) is 0 Å². The first-order valence-corrected chi connectivity index (χ1v) is 12.6. The van der Waals surface area contributed by atoms with Crippen LogP contribution in [0.25, 0.3) is 11.1 Å². The summed E-state index contributed by atoms with van der Waals surface area (Å²) in [4.78, 5) is 38.2. The first-order chi connectivity index (χ1) is 17.0. The average Bonchev–Trinajstić information content (AvgIpc) is 3.35. The molecule has 3 aliphatic carbocycles. The molecular weight excluding hydrogens is 444 g/mol. The Labute approximate surface area is 205 Å². The minimum Gasteiger partial charge on any atom is -0.480 e. The van der Waals surface area contributed by atoms with E-state index in [1.165, 1.54) is 27.2 Å². The Hall–Kier alpha value is -3.35. The lowest BCUT2D eigenvalue weighted by atomic mass is 9.71. The molecule has 0 aromatic heterocycles. The number of carboxylic acids is 1. The van der Waals surface area contributed by atoms with E-state index in [0.717, 1.165) is 19.3 Å². The summed E-state index contributed by atoms with van der Waals surface area (Å²) < 4.78 is 5.69. The molecule has 5 rings (SSSR count). The molecule has 2 N–H and O–H groups in total. The van der Waals surface area contributed by atoms with Crippen LogP contribution in [0.15, 0.2) is 48.5 Å². The van der Waals surface area contributed by atoms with Crippen LogP contribution in [0.3, 0.4) is 0 Å². The van der Waals surface area contributed by atoms with E-state index in [1.54, 1.807) is 0 Å². The van der Waals surface area contributed by atoms with E-state index in [2.05, 4.69) is 29.6 Å². The van der Waals surface area contributed by atoms with Crippen LogP contribution >= 0.6 is 0 Å². The largest absolute Gasteiger partial charge is 0.480 e. The molecule has 184 valence electrons. The number of hydrogen-bond acceptors (Lipinski definition) is 4. The van der Waals surface area contributed by atoms with Gasteiger partial charge in [0.1, 0.15) is 13.2 Å². The Kier molecular flexibility index (Phi) is 6.50. The van der Waals surface area contributed by atoms with Gasteiger partial charge in [-0.3, -0.25) is 9.59 Å². The van der Waals surface area contributed by atoms with E-state index in [-0.39, 0.29) is 42.9 Å². The van der Waals surface area contributed by atoms with Gasteiger partial charge in [-0.2, -0.15) is 0 Å². The zero-order chi connectivity index (χ0) is 24.5. The molecule has 0 radical (unpaired) electrons. The number of carbonyl (C=O) groups excluding carboxylic acids is 2. The van der Waals surface area contributed by atoms with Crippen molar-refractivity contribution in [3.63, 3.8) is 0 Å². The molecule has 0 aliphatic heterocycles. The Morgan fingerprint density at radius 3 is 2.29 bits per heavy atom. The van der Waals surface area contributed by atoms with Gasteiger partial charge >= 0.3 is 12.1 Å². The highest BCUT2D eigenvalue weighted by Gasteiger charge is 2.50. The van der Waals surface area contributed by atoms with Gasteiger partial charge in [0.25, 0.3) is 0 Å². The quantitative estimate of drug-likeness (QED) is 0.593. The SMILES string of the molecule is CCCN(CC(=O)O)C(=O)C1C[C@@H]2C[C@H](NC(=O)OCC3c4ccccc4-c4ccccc43)[C@@H]2C1. The first kappa shape index (κ1) is 23.4. The van der Waals surface area contributed by atoms with E-state index in [1.807, 2.05) is 31.2 Å². The summed E-state index contributed by atoms with van der Waals surface area (Å²) in [5.74, 6) is -0.542. The van der Waals surface area contributed by atoms with Gasteiger partial charge in [0.15, 0.2) is 0 Å². The second-order valence-corrected chi connectivity index (χ2v) is 10.1. The van der Waals surface area contributed by atoms with Crippen molar-refractivity contribution in [2.45, 2.75) is 44.6 Å². The van der Waals surface area contributed by atoms with Crippen molar-refractivity contribution >= 4 is 18.0 Å². The second-order valence-electron chi connectivity index (χ2n) is 10.1. The molecule has 2 aromatic rings. The number of fused-ring (bicyclic) bond motifs is 4. The van der Waals surface area contributed by atoms with Crippen molar-refractivity contribution in [2.24, 2.45) is 17.8 Å². The minimum absolute atomic E-state index is 0.00699. The van der Waals surface area contributed by atoms with Crippen molar-refractivity contribution < 1.29 is 24.2 Å². The molecule has 0 bridgehead atoms. The van der Waals surface area contributed by atoms with E-state index in [4.69, 9.17) is 9.84 Å². The number of nitrogens with one attached hydrogen (secondary N) is 1. The molecular formula is C28H32N2O5. The second kappa shape index (κ2) is 9.72. The molecule has 7 nitrogen and oxygen atoms in total. The number of alkyl carbamates (subject to hydrolysis) is 1. The zero-order valence-electron chi connectivity index (χ0n) is 20.0. The fourth-order valence-corrected chi connectivity index (χ4v) is 6.34. The van der Waals surface area contributed by atoms with Crippen LogP contribution in [-0.4, -0.2) is 53.7 Å². The van der Waals surface area contributed by atoms with Crippen LogP contribution in [0.5, 0.6) is 0 Å². The van der Waals surface area contributed by atoms with Crippen LogP contribution in [0, 0.1) is 17.8 Å². The topological polar surface area (TPSA) is 95.9 Å². The Bertz CT molecular complexity index is 1090. The molecule has 7 heteroatoms. The predicted molar refractivity (Wildman–Crippen MR) is 131 cm³/mol. The maximum Gasteiger partial charge on any atom is 0.407 e. The summed E-state index contributed by atoms with van der Waals surface area (Å²) in [5, 5.41) is 12.2. The molecule has 2 fully saturated rings. The first-order valence-electron chi connectivity index (χ1n) is 12.6. The van der Waals surface area contributed by atoms with E-state index in [0.29, 0.717) is 18.9 Å². The summed E-state index contributed by atoms with van der Waals surface area (Å²) >= 11 is 0. The zero-order valence-corrected chi connectivity index (χ0v) is 20.0. The number of amides is 2. The lowest BCUT2D eigenvalue weighted by molar-refractivity contribution is -0.146. The van der Waals surface area contributed by atoms with Crippen LogP contribution in [-0.2, 0) is 14.3 Å². The summed E-state index contributed by atoms with van der Waals surface area (Å²) in [6, 6.07) is 16.5. The van der Waals surface area contributed by atoms with Crippen LogP contribution in [0.1, 0.15) is 49.7 Å². The Morgan fingerprint density at radius 1 is 1.00 bits per heavy atom. The average molecular weight is 477 g/mol. The molecule has 2 aromatic carbocycles. The highest BCUT2D eigenvalue weighted by atomic mass is 16.5. The Morgan fingerprint density at radius 2 is 1.66 bits per heavy atom. The number of nitrogens with zero attached hydrogens (tertiary/aromatic N) is 1. The van der Waals surface area contributed by atoms with Crippen molar-refractivity contribution in [1.82, 2.24) is 10.2 Å². The van der Waals surface area contributed by atoms with Gasteiger partial charge in [-0.05, 0) is 59.8 Å². The molecule has 3 aliphatic rings. The van der Waals surface area contributed by atoms with Crippen LogP contribution in [0.2, 0.25) is 0 Å². The van der Waals surface area contributed by atoms with E-state index < -0.39 is 12.1 Å². The molecule has 0 saturated heterocycles. The van der Waals surface area contributed by atoms with Gasteiger partial charge in [-0.1, -0.05) is 55.5 Å². The normalized spacial score (nSPS) is 24.0. The fraction of sp³-hybridized carbons (Fsp3) is 0.464. The molecule has 4 atom stereocenters. The van der Waals surface area contributed by atoms with Crippen molar-refractivity contribution in [2.75, 3.05) is 19.7 Å². The highest BCUT2D eigenvalue weighted by Crippen LogP contribution is 2.50. The number of hydrogen-bond donors (Lipinski definition) is 2. The summed E-state index contributed by atoms with van der Waals surface area (Å²) in [6.07, 6.45) is 2.61. The number of ether oxygens (including phenoxy) is 1. The van der Waals surface area contributed by atoms with Gasteiger partial charge in [-0.25, -0.2) is 4.79 Å². The van der Waals surface area contributed by atoms with E-state index in [9.17, 15) is 14.4 Å². The highest BCUT2D eigenvalue weighted by molar-refractivity contribution is 5.83. The predicted octanol–water partition coefficient (Wildman–Crippen LogP) is 4.26. The number of carbonyl (C=O) groups is 3. The molecule has 0 heterocycles. The summed E-state index contributed by atoms with van der Waals surface area (Å²) in [5.41, 5.74) is 4.75. The third-order valence-corrected chi connectivity index (χ3v) is 7.95. The maximum atomic E-state index is 12.9. The van der Waals surface area contributed by atoms with Gasteiger partial charge in [-0.15, -0.1) is 0 Å². The monoisotopic (exact) mass is 476 g/mol. The third kappa shape index (κ3) is 4.51. The van der Waals surface area contributed by atoms with Crippen molar-refractivity contribution in [3.8, 4) is 11.1 Å². The molecule has 1 unspecified atom stereocenters. The standard InChI is InChI=1S/C28H32N2O5/c1-2-11-30(15-26(31)32)27(33)18-12-17-14-25(23(17)13-18)29-28(34)35-16-24-21-9-5-3-7-19(21)20-8-4-6-10-22(20)24/h3-10,17-18,23-25H,2,11-16H2,1H3,(H,29,34)(H,31,32)/t17-,18?,23-,25+/m1/s1. The van der Waals surface area contributed by atoms with Gasteiger partial charge in [0, 0.05) is 24.4 Å². The molecule has 2 saturated carbocycles. The molecule has 2 amide bonds. The van der Waals surface area contributed by atoms with E-state index >= 15 is 0 Å². The minimum atomic E-state index is -0.984. The maximum absolute atomic E-state index is 12.9. The third-order valence-electron chi connectivity index (χ3n) is 7.95. The Balaban J connectivity index is 1.15. The molecule has 35 heavy (non-hydrogen) atoms. The lowest BCUT2D eigenvalue weighted by Crippen LogP contribution is -2.50. The smallest absolute Gasteiger partial charge is 0.407 e. The van der Waals surface area contributed by atoms with Crippen molar-refractivity contribution in [3.05, 3.63) is 59.7 Å². The number of rotatable bonds is 8. The van der Waals surface area contributed by atoms with Gasteiger partial charge in [0.2, 0.25) is 5.91 Å². The van der Waals surface area contributed by atoms with Crippen LogP contribution < -0.4 is 5.32 Å². The van der Waals surface area contributed by atoms with Gasteiger partial charge < -0.3 is 20.1 Å². The summed E-state index contributed by atoms with van der Waals surface area (Å²) in [6.45, 7) is 2.43. The lowest BCUT2D eigenvalue weighted by Gasteiger charge is -2.40. The van der Waals surface area contributed by atoms with Gasteiger partial charge in [0.05, 0.1) is 0 Å². The number of benzene rings is 2. The number of carboxylic acid groups (broad SMARTS) is 1. The number of aliphatic carboxylic acids is 1. The molecule has 0 spiro atoms. The summed E-state index contributed by atoms with van der Waals surface area (Å²) in [7, 11) is 0. The van der Waals surface area contributed by atoms with Crippen LogP contribution in [0.4, 0.5) is 4.79 Å².